The van der Waals surface area contributed by atoms with Crippen LogP contribution in [0.3, 0.4) is 0 Å². The Hall–Kier alpha value is -3.35. The largest absolute Gasteiger partial charge is 0.497 e. The van der Waals surface area contributed by atoms with Crippen molar-refractivity contribution < 1.29 is 18.8 Å². The maximum Gasteiger partial charge on any atom is 0.260 e. The van der Waals surface area contributed by atoms with Gasteiger partial charge in [0.05, 0.1) is 13.7 Å². The number of carbonyl (C=O) groups excluding carboxylic acids is 1. The van der Waals surface area contributed by atoms with Gasteiger partial charge in [-0.2, -0.15) is 4.98 Å². The zero-order valence-electron chi connectivity index (χ0n) is 15.5. The number of rotatable bonds is 7. The smallest absolute Gasteiger partial charge is 0.260 e. The topological polar surface area (TPSA) is 77.7 Å². The average Bonchev–Trinajstić information content (AvgIpc) is 3.15. The van der Waals surface area contributed by atoms with Crippen molar-refractivity contribution in [3.63, 3.8) is 0 Å². The molecule has 0 N–H and O–H groups in total. The summed E-state index contributed by atoms with van der Waals surface area (Å²) in [5, 5.41) is 3.98. The van der Waals surface area contributed by atoms with Crippen LogP contribution in [-0.4, -0.2) is 41.7 Å². The first-order chi connectivity index (χ1) is 13.0. The van der Waals surface area contributed by atoms with Crippen LogP contribution in [0.4, 0.5) is 0 Å². The molecule has 0 fully saturated rings. The van der Waals surface area contributed by atoms with E-state index in [9.17, 15) is 4.79 Å². The molecule has 0 bridgehead atoms. The quantitative estimate of drug-likeness (QED) is 0.639. The van der Waals surface area contributed by atoms with Gasteiger partial charge < -0.3 is 18.9 Å². The number of nitrogens with zero attached hydrogens (tertiary/aromatic N) is 3. The SMILES string of the molecule is COc1ccc(OCC(=O)N(C)Cc2nc(-c3cccc(C)c3)no2)cc1. The van der Waals surface area contributed by atoms with E-state index in [4.69, 9.17) is 14.0 Å². The second kappa shape index (κ2) is 8.35. The predicted octanol–water partition coefficient (Wildman–Crippen LogP) is 3.09. The van der Waals surface area contributed by atoms with Gasteiger partial charge >= 0.3 is 0 Å². The standard InChI is InChI=1S/C20H21N3O4/c1-14-5-4-6-15(11-14)20-21-18(27-22-20)12-23(2)19(24)13-26-17-9-7-16(25-3)8-10-17/h4-11H,12-13H2,1-3H3. The molecular weight excluding hydrogens is 346 g/mol. The Morgan fingerprint density at radius 3 is 2.59 bits per heavy atom. The van der Waals surface area contributed by atoms with E-state index in [1.54, 1.807) is 38.4 Å². The van der Waals surface area contributed by atoms with E-state index < -0.39 is 0 Å². The van der Waals surface area contributed by atoms with Crippen LogP contribution in [0, 0.1) is 6.92 Å². The van der Waals surface area contributed by atoms with Gasteiger partial charge in [-0.15, -0.1) is 0 Å². The van der Waals surface area contributed by atoms with E-state index >= 15 is 0 Å². The third kappa shape index (κ3) is 4.84. The molecule has 0 unspecified atom stereocenters. The average molecular weight is 367 g/mol. The fourth-order valence-electron chi connectivity index (χ4n) is 2.44. The molecule has 0 aliphatic carbocycles. The summed E-state index contributed by atoms with van der Waals surface area (Å²) in [5.74, 6) is 2.00. The molecule has 3 rings (SSSR count). The molecule has 0 atom stereocenters. The predicted molar refractivity (Wildman–Crippen MR) is 99.4 cm³/mol. The fourth-order valence-corrected chi connectivity index (χ4v) is 2.44. The number of carbonyl (C=O) groups is 1. The minimum absolute atomic E-state index is 0.0816. The summed E-state index contributed by atoms with van der Waals surface area (Å²) in [7, 11) is 3.26. The fraction of sp³-hybridized carbons (Fsp3) is 0.250. The Balaban J connectivity index is 1.55. The van der Waals surface area contributed by atoms with E-state index in [0.717, 1.165) is 16.9 Å². The van der Waals surface area contributed by atoms with Crippen molar-refractivity contribution in [3.8, 4) is 22.9 Å². The van der Waals surface area contributed by atoms with Crippen molar-refractivity contribution in [1.29, 1.82) is 0 Å². The summed E-state index contributed by atoms with van der Waals surface area (Å²) in [6, 6.07) is 14.9. The third-order valence-corrected chi connectivity index (χ3v) is 3.96. The van der Waals surface area contributed by atoms with Crippen LogP contribution >= 0.6 is 0 Å². The highest BCUT2D eigenvalue weighted by Crippen LogP contribution is 2.18. The summed E-state index contributed by atoms with van der Waals surface area (Å²) in [5.41, 5.74) is 1.99. The molecule has 0 saturated carbocycles. The normalized spacial score (nSPS) is 10.5. The lowest BCUT2D eigenvalue weighted by Crippen LogP contribution is -2.31. The summed E-state index contributed by atoms with van der Waals surface area (Å²) < 4.78 is 15.8. The molecule has 27 heavy (non-hydrogen) atoms. The summed E-state index contributed by atoms with van der Waals surface area (Å²) >= 11 is 0. The molecule has 7 heteroatoms. The third-order valence-electron chi connectivity index (χ3n) is 3.96. The van der Waals surface area contributed by atoms with Crippen LogP contribution in [0.2, 0.25) is 0 Å². The Morgan fingerprint density at radius 1 is 1.15 bits per heavy atom. The number of hydrogen-bond donors (Lipinski definition) is 0. The molecule has 0 radical (unpaired) electrons. The van der Waals surface area contributed by atoms with Crippen LogP contribution in [0.1, 0.15) is 11.5 Å². The lowest BCUT2D eigenvalue weighted by molar-refractivity contribution is -0.132. The van der Waals surface area contributed by atoms with Gasteiger partial charge in [0, 0.05) is 12.6 Å². The molecule has 0 aliphatic heterocycles. The number of aromatic nitrogens is 2. The van der Waals surface area contributed by atoms with Crippen LogP contribution in [-0.2, 0) is 11.3 Å². The maximum atomic E-state index is 12.3. The Morgan fingerprint density at radius 2 is 1.89 bits per heavy atom. The summed E-state index contributed by atoms with van der Waals surface area (Å²) in [6.45, 7) is 2.13. The van der Waals surface area contributed by atoms with Gasteiger partial charge in [-0.3, -0.25) is 4.79 Å². The Kier molecular flexibility index (Phi) is 5.71. The van der Waals surface area contributed by atoms with Gasteiger partial charge in [0.1, 0.15) is 11.5 Å². The molecule has 3 aromatic rings. The van der Waals surface area contributed by atoms with Crippen molar-refractivity contribution in [2.75, 3.05) is 20.8 Å². The Labute approximate surface area is 157 Å². The van der Waals surface area contributed by atoms with Crippen molar-refractivity contribution >= 4 is 5.91 Å². The zero-order chi connectivity index (χ0) is 19.2. The highest BCUT2D eigenvalue weighted by atomic mass is 16.5. The van der Waals surface area contributed by atoms with E-state index in [-0.39, 0.29) is 19.1 Å². The number of aryl methyl sites for hydroxylation is 1. The monoisotopic (exact) mass is 367 g/mol. The highest BCUT2D eigenvalue weighted by molar-refractivity contribution is 5.77. The van der Waals surface area contributed by atoms with Gasteiger partial charge in [0.2, 0.25) is 11.7 Å². The lowest BCUT2D eigenvalue weighted by Gasteiger charge is -2.15. The maximum absolute atomic E-state index is 12.3. The van der Waals surface area contributed by atoms with Crippen LogP contribution in [0.25, 0.3) is 11.4 Å². The highest BCUT2D eigenvalue weighted by Gasteiger charge is 2.15. The van der Waals surface area contributed by atoms with Crippen LogP contribution < -0.4 is 9.47 Å². The van der Waals surface area contributed by atoms with Crippen LogP contribution in [0.15, 0.2) is 53.1 Å². The number of likely N-dealkylation sites (N-methyl/N-ethyl adjacent to an activating group) is 1. The molecule has 2 aromatic carbocycles. The molecular formula is C20H21N3O4. The molecule has 0 aliphatic rings. The Bertz CT molecular complexity index is 906. The second-order valence-corrected chi connectivity index (χ2v) is 6.10. The van der Waals surface area contributed by atoms with Gasteiger partial charge in [-0.25, -0.2) is 0 Å². The van der Waals surface area contributed by atoms with E-state index in [1.807, 2.05) is 31.2 Å². The van der Waals surface area contributed by atoms with Crippen molar-refractivity contribution in [2.45, 2.75) is 13.5 Å². The number of ether oxygens (including phenoxy) is 2. The van der Waals surface area contributed by atoms with Gasteiger partial charge in [0.25, 0.3) is 5.91 Å². The first-order valence-corrected chi connectivity index (χ1v) is 8.45. The molecule has 7 nitrogen and oxygen atoms in total. The first kappa shape index (κ1) is 18.4. The molecule has 0 spiro atoms. The van der Waals surface area contributed by atoms with Gasteiger partial charge in [-0.1, -0.05) is 28.9 Å². The summed E-state index contributed by atoms with van der Waals surface area (Å²) in [4.78, 5) is 18.1. The minimum atomic E-state index is -0.193. The first-order valence-electron chi connectivity index (χ1n) is 8.45. The number of amides is 1. The van der Waals surface area contributed by atoms with Crippen molar-refractivity contribution in [2.24, 2.45) is 0 Å². The van der Waals surface area contributed by atoms with Crippen molar-refractivity contribution in [1.82, 2.24) is 15.0 Å². The number of benzene rings is 2. The van der Waals surface area contributed by atoms with E-state index in [0.29, 0.717) is 17.5 Å². The zero-order valence-corrected chi connectivity index (χ0v) is 15.5. The van der Waals surface area contributed by atoms with Crippen molar-refractivity contribution in [3.05, 3.63) is 60.0 Å². The second-order valence-electron chi connectivity index (χ2n) is 6.10. The molecule has 1 aromatic heterocycles. The molecule has 140 valence electrons. The van der Waals surface area contributed by atoms with Gasteiger partial charge in [0.15, 0.2) is 6.61 Å². The molecule has 1 amide bonds. The van der Waals surface area contributed by atoms with E-state index in [1.165, 1.54) is 4.90 Å². The lowest BCUT2D eigenvalue weighted by atomic mass is 10.1. The number of hydrogen-bond acceptors (Lipinski definition) is 6. The van der Waals surface area contributed by atoms with E-state index in [2.05, 4.69) is 10.1 Å². The van der Waals surface area contributed by atoms with Crippen LogP contribution in [0.5, 0.6) is 11.5 Å². The van der Waals surface area contributed by atoms with Gasteiger partial charge in [-0.05, 0) is 37.3 Å². The molecule has 1 heterocycles. The molecule has 0 saturated heterocycles. The summed E-state index contributed by atoms with van der Waals surface area (Å²) in [6.07, 6.45) is 0. The minimum Gasteiger partial charge on any atom is -0.497 e. The number of methoxy groups -OCH3 is 1.